The molecule has 4 nitrogen and oxygen atoms in total. The SMILES string of the molecule is CN(C)C(c1ccco1)(N(C)C)N(C)C. The fourth-order valence-corrected chi connectivity index (χ4v) is 2.33. The Labute approximate surface area is 92.1 Å². The van der Waals surface area contributed by atoms with E-state index < -0.39 is 0 Å². The Morgan fingerprint density at radius 2 is 1.40 bits per heavy atom. The third-order valence-electron chi connectivity index (χ3n) is 2.72. The van der Waals surface area contributed by atoms with Gasteiger partial charge in [-0.1, -0.05) is 0 Å². The van der Waals surface area contributed by atoms with E-state index in [9.17, 15) is 0 Å². The molecule has 0 aliphatic heterocycles. The first-order chi connectivity index (χ1) is 6.94. The largest absolute Gasteiger partial charge is 0.464 e. The predicted molar refractivity (Wildman–Crippen MR) is 61.4 cm³/mol. The van der Waals surface area contributed by atoms with Crippen molar-refractivity contribution in [3.8, 4) is 0 Å². The predicted octanol–water partition coefficient (Wildman–Crippen LogP) is 1.07. The highest BCUT2D eigenvalue weighted by Gasteiger charge is 2.42. The molecule has 0 spiro atoms. The minimum atomic E-state index is -0.344. The van der Waals surface area contributed by atoms with E-state index >= 15 is 0 Å². The van der Waals surface area contributed by atoms with E-state index in [0.717, 1.165) is 5.76 Å². The van der Waals surface area contributed by atoms with E-state index in [2.05, 4.69) is 14.7 Å². The van der Waals surface area contributed by atoms with Gasteiger partial charge in [0, 0.05) is 0 Å². The molecule has 15 heavy (non-hydrogen) atoms. The maximum atomic E-state index is 5.56. The highest BCUT2D eigenvalue weighted by atomic mass is 16.3. The van der Waals surface area contributed by atoms with Gasteiger partial charge in [0.1, 0.15) is 0 Å². The van der Waals surface area contributed by atoms with Crippen LogP contribution in [-0.2, 0) is 5.79 Å². The summed E-state index contributed by atoms with van der Waals surface area (Å²) in [5, 5.41) is 0. The van der Waals surface area contributed by atoms with E-state index in [1.54, 1.807) is 6.26 Å². The van der Waals surface area contributed by atoms with Gasteiger partial charge in [-0.25, -0.2) is 0 Å². The zero-order valence-electron chi connectivity index (χ0n) is 10.5. The van der Waals surface area contributed by atoms with Gasteiger partial charge in [0.15, 0.2) is 11.5 Å². The van der Waals surface area contributed by atoms with Crippen LogP contribution in [-0.4, -0.2) is 57.0 Å². The van der Waals surface area contributed by atoms with Gasteiger partial charge in [-0.15, -0.1) is 0 Å². The molecule has 0 saturated carbocycles. The van der Waals surface area contributed by atoms with E-state index in [1.807, 2.05) is 54.4 Å². The molecule has 0 fully saturated rings. The molecule has 1 aromatic heterocycles. The molecule has 0 amide bonds. The molecule has 0 aliphatic rings. The zero-order chi connectivity index (χ0) is 11.6. The van der Waals surface area contributed by atoms with Gasteiger partial charge in [0.2, 0.25) is 0 Å². The Kier molecular flexibility index (Phi) is 3.54. The van der Waals surface area contributed by atoms with Crippen molar-refractivity contribution in [1.29, 1.82) is 0 Å². The molecule has 0 aromatic carbocycles. The maximum absolute atomic E-state index is 5.56. The molecular formula is C11H21N3O. The van der Waals surface area contributed by atoms with Gasteiger partial charge in [-0.2, -0.15) is 0 Å². The quantitative estimate of drug-likeness (QED) is 0.695. The molecule has 0 bridgehead atoms. The number of hydrogen-bond acceptors (Lipinski definition) is 4. The van der Waals surface area contributed by atoms with E-state index in [-0.39, 0.29) is 5.79 Å². The Morgan fingerprint density at radius 3 is 1.67 bits per heavy atom. The van der Waals surface area contributed by atoms with Crippen LogP contribution in [0, 0.1) is 0 Å². The van der Waals surface area contributed by atoms with Crippen molar-refractivity contribution in [3.63, 3.8) is 0 Å². The number of furan rings is 1. The third kappa shape index (κ3) is 1.80. The second kappa shape index (κ2) is 4.35. The van der Waals surface area contributed by atoms with E-state index in [4.69, 9.17) is 4.42 Å². The van der Waals surface area contributed by atoms with Gasteiger partial charge in [-0.3, -0.25) is 14.7 Å². The third-order valence-corrected chi connectivity index (χ3v) is 2.72. The molecule has 1 aromatic rings. The molecule has 0 N–H and O–H groups in total. The van der Waals surface area contributed by atoms with Crippen molar-refractivity contribution in [1.82, 2.24) is 14.7 Å². The summed E-state index contributed by atoms with van der Waals surface area (Å²) in [5.41, 5.74) is 0. The molecular weight excluding hydrogens is 190 g/mol. The first-order valence-corrected chi connectivity index (χ1v) is 5.00. The van der Waals surface area contributed by atoms with Crippen molar-refractivity contribution in [3.05, 3.63) is 24.2 Å². The average Bonchev–Trinajstić information content (AvgIpc) is 2.55. The molecule has 0 saturated heterocycles. The second-order valence-corrected chi connectivity index (χ2v) is 4.30. The van der Waals surface area contributed by atoms with Crippen LogP contribution in [0.3, 0.4) is 0 Å². The minimum Gasteiger partial charge on any atom is -0.464 e. The van der Waals surface area contributed by atoms with Crippen LogP contribution in [0.5, 0.6) is 0 Å². The fourth-order valence-electron chi connectivity index (χ4n) is 2.33. The Bertz CT molecular complexity index is 269. The van der Waals surface area contributed by atoms with Crippen molar-refractivity contribution in [2.45, 2.75) is 5.79 Å². The lowest BCUT2D eigenvalue weighted by atomic mass is 10.2. The fraction of sp³-hybridized carbons (Fsp3) is 0.636. The molecule has 0 unspecified atom stereocenters. The van der Waals surface area contributed by atoms with Crippen LogP contribution in [0.2, 0.25) is 0 Å². The summed E-state index contributed by atoms with van der Waals surface area (Å²) in [6, 6.07) is 3.92. The van der Waals surface area contributed by atoms with E-state index in [0.29, 0.717) is 0 Å². The summed E-state index contributed by atoms with van der Waals surface area (Å²) < 4.78 is 5.56. The van der Waals surface area contributed by atoms with Crippen molar-refractivity contribution >= 4 is 0 Å². The van der Waals surface area contributed by atoms with Crippen LogP contribution >= 0.6 is 0 Å². The Balaban J connectivity index is 3.27. The second-order valence-electron chi connectivity index (χ2n) is 4.30. The molecule has 1 rings (SSSR count). The molecule has 0 aliphatic carbocycles. The standard InChI is InChI=1S/C11H21N3O/c1-12(2)11(13(3)4,14(5)6)10-8-7-9-15-10/h7-9H,1-6H3. The highest BCUT2D eigenvalue weighted by molar-refractivity contribution is 5.10. The van der Waals surface area contributed by atoms with Crippen LogP contribution in [0.15, 0.2) is 22.8 Å². The first-order valence-electron chi connectivity index (χ1n) is 5.00. The van der Waals surface area contributed by atoms with Crippen LogP contribution in [0.1, 0.15) is 5.76 Å². The smallest absolute Gasteiger partial charge is 0.190 e. The van der Waals surface area contributed by atoms with Crippen molar-refractivity contribution in [2.24, 2.45) is 0 Å². The Hall–Kier alpha value is -0.840. The van der Waals surface area contributed by atoms with Gasteiger partial charge in [0.05, 0.1) is 6.26 Å². The van der Waals surface area contributed by atoms with Crippen LogP contribution in [0.4, 0.5) is 0 Å². The zero-order valence-corrected chi connectivity index (χ0v) is 10.5. The summed E-state index contributed by atoms with van der Waals surface area (Å²) in [7, 11) is 12.3. The summed E-state index contributed by atoms with van der Waals surface area (Å²) in [6.07, 6.45) is 1.71. The summed E-state index contributed by atoms with van der Waals surface area (Å²) in [6.45, 7) is 0. The summed E-state index contributed by atoms with van der Waals surface area (Å²) >= 11 is 0. The van der Waals surface area contributed by atoms with Gasteiger partial charge in [0.25, 0.3) is 0 Å². The van der Waals surface area contributed by atoms with Crippen molar-refractivity contribution in [2.75, 3.05) is 42.3 Å². The minimum absolute atomic E-state index is 0.344. The summed E-state index contributed by atoms with van der Waals surface area (Å²) in [4.78, 5) is 6.39. The molecule has 0 radical (unpaired) electrons. The van der Waals surface area contributed by atoms with Crippen LogP contribution < -0.4 is 0 Å². The lowest BCUT2D eigenvalue weighted by Gasteiger charge is -2.47. The van der Waals surface area contributed by atoms with Gasteiger partial charge >= 0.3 is 0 Å². The Morgan fingerprint density at radius 1 is 0.933 bits per heavy atom. The average molecular weight is 211 g/mol. The molecule has 86 valence electrons. The van der Waals surface area contributed by atoms with Gasteiger partial charge in [-0.05, 0) is 54.4 Å². The topological polar surface area (TPSA) is 22.9 Å². The first kappa shape index (κ1) is 12.2. The lowest BCUT2D eigenvalue weighted by molar-refractivity contribution is -0.130. The monoisotopic (exact) mass is 211 g/mol. The lowest BCUT2D eigenvalue weighted by Crippen LogP contribution is -2.61. The summed E-state index contributed by atoms with van der Waals surface area (Å²) in [5.74, 6) is 0.575. The number of rotatable bonds is 4. The highest BCUT2D eigenvalue weighted by Crippen LogP contribution is 2.31. The van der Waals surface area contributed by atoms with E-state index in [1.165, 1.54) is 0 Å². The normalized spacial score (nSPS) is 13.1. The van der Waals surface area contributed by atoms with Gasteiger partial charge < -0.3 is 4.42 Å². The molecule has 1 heterocycles. The number of hydrogen-bond donors (Lipinski definition) is 0. The maximum Gasteiger partial charge on any atom is 0.190 e. The molecule has 4 heteroatoms. The molecule has 0 atom stereocenters. The van der Waals surface area contributed by atoms with Crippen LogP contribution in [0.25, 0.3) is 0 Å². The number of nitrogens with zero attached hydrogens (tertiary/aromatic N) is 3. The van der Waals surface area contributed by atoms with Crippen molar-refractivity contribution < 1.29 is 4.42 Å².